The highest BCUT2D eigenvalue weighted by Gasteiger charge is 2.45. The summed E-state index contributed by atoms with van der Waals surface area (Å²) in [4.78, 5) is 0. The summed E-state index contributed by atoms with van der Waals surface area (Å²) in [7, 11) is -2.01. The van der Waals surface area contributed by atoms with Crippen molar-refractivity contribution in [2.75, 3.05) is 6.61 Å². The predicted molar refractivity (Wildman–Crippen MR) is 72.0 cm³/mol. The van der Waals surface area contributed by atoms with Crippen molar-refractivity contribution in [1.82, 2.24) is 0 Å². The van der Waals surface area contributed by atoms with Crippen LogP contribution in [0.4, 0.5) is 0 Å². The zero-order valence-electron chi connectivity index (χ0n) is 11.8. The number of aliphatic hydroxyl groups is 4. The molecule has 0 bridgehead atoms. The van der Waals surface area contributed by atoms with Gasteiger partial charge in [0.15, 0.2) is 14.6 Å². The first-order valence-electron chi connectivity index (χ1n) is 6.80. The van der Waals surface area contributed by atoms with E-state index < -0.39 is 45.6 Å². The van der Waals surface area contributed by atoms with Crippen LogP contribution in [0.15, 0.2) is 0 Å². The molecule has 1 saturated heterocycles. The van der Waals surface area contributed by atoms with Crippen molar-refractivity contribution in [3.63, 3.8) is 0 Å². The molecule has 0 aliphatic carbocycles. The monoisotopic (exact) mass is 294 g/mol. The van der Waals surface area contributed by atoms with Gasteiger partial charge in [-0.1, -0.05) is 19.8 Å². The summed E-state index contributed by atoms with van der Waals surface area (Å²) in [6, 6.07) is 0.929. The molecule has 0 aromatic carbocycles. The molecular weight excluding hydrogens is 268 g/mol. The molecule has 1 fully saturated rings. The van der Waals surface area contributed by atoms with Gasteiger partial charge in [-0.25, -0.2) is 0 Å². The summed E-state index contributed by atoms with van der Waals surface area (Å²) in [5, 5.41) is 38.4. The van der Waals surface area contributed by atoms with Gasteiger partial charge in [-0.2, -0.15) is 0 Å². The van der Waals surface area contributed by atoms with Crippen LogP contribution >= 0.6 is 0 Å². The number of hydrogen-bond acceptors (Lipinski definition) is 6. The first kappa shape index (κ1) is 17.0. The van der Waals surface area contributed by atoms with Crippen molar-refractivity contribution in [2.45, 2.75) is 69.6 Å². The lowest BCUT2D eigenvalue weighted by molar-refractivity contribution is -0.280. The van der Waals surface area contributed by atoms with Crippen molar-refractivity contribution in [2.24, 2.45) is 0 Å². The van der Waals surface area contributed by atoms with Crippen LogP contribution in [0, 0.1) is 0 Å². The average molecular weight is 294 g/mol. The topological polar surface area (TPSA) is 99.4 Å². The molecular formula is C12H26O6Si. The molecule has 1 heterocycles. The lowest BCUT2D eigenvalue weighted by Gasteiger charge is -2.42. The van der Waals surface area contributed by atoms with Gasteiger partial charge < -0.3 is 29.6 Å². The molecule has 0 aromatic heterocycles. The fourth-order valence-corrected chi connectivity index (χ4v) is 4.29. The molecule has 0 saturated carbocycles. The quantitative estimate of drug-likeness (QED) is 0.507. The highest BCUT2D eigenvalue weighted by molar-refractivity contribution is 6.71. The fourth-order valence-electron chi connectivity index (χ4n) is 2.14. The van der Waals surface area contributed by atoms with E-state index >= 15 is 0 Å². The third-order valence-corrected chi connectivity index (χ3v) is 5.84. The van der Waals surface area contributed by atoms with Gasteiger partial charge in [-0.15, -0.1) is 0 Å². The van der Waals surface area contributed by atoms with Gasteiger partial charge in [-0.3, -0.25) is 0 Å². The molecule has 0 amide bonds. The Hall–Kier alpha value is -0.0231. The standard InChI is InChI=1S/C12H26O6Si/c1-4-5-6-19(2,3)18-12-11(16)10(15)9(14)8(7-13)17-12/h8-16H,4-7H2,1-3H3/t8-,9-,10+,11+,12?/m1/s1. The van der Waals surface area contributed by atoms with Gasteiger partial charge in [0.05, 0.1) is 6.61 Å². The lowest BCUT2D eigenvalue weighted by Crippen LogP contribution is -2.60. The fraction of sp³-hybridized carbons (Fsp3) is 1.00. The van der Waals surface area contributed by atoms with Gasteiger partial charge >= 0.3 is 0 Å². The largest absolute Gasteiger partial charge is 0.394 e. The summed E-state index contributed by atoms with van der Waals surface area (Å²) in [5.74, 6) is 0. The molecule has 6 nitrogen and oxygen atoms in total. The van der Waals surface area contributed by atoms with Crippen molar-refractivity contribution >= 4 is 8.32 Å². The minimum Gasteiger partial charge on any atom is -0.394 e. The van der Waals surface area contributed by atoms with Crippen LogP contribution in [0.3, 0.4) is 0 Å². The second-order valence-electron chi connectivity index (χ2n) is 5.68. The van der Waals surface area contributed by atoms with Crippen LogP contribution in [0.25, 0.3) is 0 Å². The highest BCUT2D eigenvalue weighted by atomic mass is 28.4. The van der Waals surface area contributed by atoms with Gasteiger partial charge in [0, 0.05) is 0 Å². The molecule has 114 valence electrons. The number of rotatable bonds is 6. The van der Waals surface area contributed by atoms with Crippen molar-refractivity contribution in [1.29, 1.82) is 0 Å². The second-order valence-corrected chi connectivity index (χ2v) is 9.93. The van der Waals surface area contributed by atoms with Gasteiger partial charge in [0.1, 0.15) is 24.4 Å². The van der Waals surface area contributed by atoms with Crippen molar-refractivity contribution in [3.05, 3.63) is 0 Å². The normalized spacial score (nSPS) is 36.5. The molecule has 19 heavy (non-hydrogen) atoms. The van der Waals surface area contributed by atoms with E-state index in [0.717, 1.165) is 18.9 Å². The summed E-state index contributed by atoms with van der Waals surface area (Å²) < 4.78 is 11.2. The Labute approximate surface area is 115 Å². The zero-order chi connectivity index (χ0) is 14.6. The molecule has 1 aliphatic heterocycles. The smallest absolute Gasteiger partial charge is 0.190 e. The Morgan fingerprint density at radius 1 is 1.11 bits per heavy atom. The maximum absolute atomic E-state index is 9.89. The minimum atomic E-state index is -2.01. The summed E-state index contributed by atoms with van der Waals surface area (Å²) in [6.45, 7) is 5.70. The maximum Gasteiger partial charge on any atom is 0.190 e. The van der Waals surface area contributed by atoms with E-state index in [2.05, 4.69) is 6.92 Å². The van der Waals surface area contributed by atoms with E-state index in [1.165, 1.54) is 0 Å². The van der Waals surface area contributed by atoms with Crippen LogP contribution in [-0.2, 0) is 9.16 Å². The summed E-state index contributed by atoms with van der Waals surface area (Å²) in [6.07, 6.45) is -3.79. The second kappa shape index (κ2) is 7.12. The van der Waals surface area contributed by atoms with Crippen LogP contribution < -0.4 is 0 Å². The molecule has 7 heteroatoms. The first-order chi connectivity index (χ1) is 8.82. The number of hydrogen-bond donors (Lipinski definition) is 4. The van der Waals surface area contributed by atoms with Crippen LogP contribution in [0.5, 0.6) is 0 Å². The van der Waals surface area contributed by atoms with E-state index in [-0.39, 0.29) is 0 Å². The third-order valence-electron chi connectivity index (χ3n) is 3.42. The van der Waals surface area contributed by atoms with Gasteiger partial charge in [0.25, 0.3) is 0 Å². The van der Waals surface area contributed by atoms with Gasteiger partial charge in [0.2, 0.25) is 0 Å². The lowest BCUT2D eigenvalue weighted by atomic mass is 10.00. The van der Waals surface area contributed by atoms with Crippen molar-refractivity contribution in [3.8, 4) is 0 Å². The third kappa shape index (κ3) is 4.49. The number of unbranched alkanes of at least 4 members (excludes halogenated alkanes) is 1. The molecule has 0 spiro atoms. The Bertz CT molecular complexity index is 273. The highest BCUT2D eigenvalue weighted by Crippen LogP contribution is 2.26. The van der Waals surface area contributed by atoms with Gasteiger partial charge in [-0.05, 0) is 19.1 Å². The van der Waals surface area contributed by atoms with Crippen LogP contribution in [0.1, 0.15) is 19.8 Å². The zero-order valence-corrected chi connectivity index (χ0v) is 12.8. The number of aliphatic hydroxyl groups excluding tert-OH is 4. The maximum atomic E-state index is 9.89. The molecule has 4 N–H and O–H groups in total. The van der Waals surface area contributed by atoms with E-state index in [1.807, 2.05) is 13.1 Å². The molecule has 1 rings (SSSR count). The first-order valence-corrected chi connectivity index (χ1v) is 9.92. The van der Waals surface area contributed by atoms with E-state index in [9.17, 15) is 15.3 Å². The molecule has 1 aliphatic rings. The van der Waals surface area contributed by atoms with E-state index in [0.29, 0.717) is 0 Å². The van der Waals surface area contributed by atoms with E-state index in [1.54, 1.807) is 0 Å². The van der Waals surface area contributed by atoms with Crippen LogP contribution in [-0.4, -0.2) is 66.1 Å². The summed E-state index contributed by atoms with van der Waals surface area (Å²) in [5.41, 5.74) is 0. The van der Waals surface area contributed by atoms with Crippen LogP contribution in [0.2, 0.25) is 19.1 Å². The predicted octanol–water partition coefficient (Wildman–Crippen LogP) is -0.192. The van der Waals surface area contributed by atoms with Crippen molar-refractivity contribution < 1.29 is 29.6 Å². The molecule has 1 unspecified atom stereocenters. The Morgan fingerprint density at radius 3 is 2.26 bits per heavy atom. The van der Waals surface area contributed by atoms with E-state index in [4.69, 9.17) is 14.3 Å². The molecule has 5 atom stereocenters. The molecule has 0 aromatic rings. The SMILES string of the molecule is CCCC[Si](C)(C)OC1O[C@H](CO)[C@@H](O)[C@H](O)[C@@H]1O. The average Bonchev–Trinajstić information content (AvgIpc) is 2.37. The Kier molecular flexibility index (Phi) is 6.38. The number of ether oxygens (including phenoxy) is 1. The summed E-state index contributed by atoms with van der Waals surface area (Å²) >= 11 is 0. The Balaban J connectivity index is 2.65. The molecule has 0 radical (unpaired) electrons. The minimum absolute atomic E-state index is 0.429. The Morgan fingerprint density at radius 2 is 1.74 bits per heavy atom.